The number of ketones is 1. The fraction of sp³-hybridized carbons (Fsp3) is 0.351. The molecular weight excluding hydrogens is 961 g/mol. The quantitative estimate of drug-likeness (QED) is 0.0565. The predicted molar refractivity (Wildman–Crippen MR) is 291 cm³/mol. The van der Waals surface area contributed by atoms with Crippen molar-refractivity contribution in [2.45, 2.75) is 103 Å². The number of rotatable bonds is 20. The Morgan fingerprint density at radius 3 is 1.95 bits per heavy atom. The standard InChI is InChI=1S/C57H60N6O8S2/c1-34-21-44-46(59-30-41-25-38-12-7-9-14-48(38)62(41)55(44)67)28-50(34)70-32-36-22-37(24-40(23-36)61-54(66)35(2)20-43(64)17-18-57(3,4)73-72-19-11-16-53(65)58-5)33-71-52-29-47-45(27-51(52)69-6)56(68)63-42(31-60-47)26-39-13-8-10-15-49(39)63/h7-10,12-15,21-24,27-31,35,41-42H,11,16-20,25-26,32-33H2,1-6H3,(H,58,65)(H,61,66)/t35-,41+,42+/m1/s1. The van der Waals surface area contributed by atoms with Crippen molar-refractivity contribution in [1.82, 2.24) is 5.32 Å². The zero-order valence-electron chi connectivity index (χ0n) is 42.0. The number of aliphatic imine (C=N–C) groups is 2. The number of nitrogens with zero attached hydrogens (tertiary/aromatic N) is 4. The van der Waals surface area contributed by atoms with E-state index in [-0.39, 0.29) is 65.9 Å². The van der Waals surface area contributed by atoms with E-state index in [1.165, 1.54) is 7.11 Å². The molecule has 0 saturated carbocycles. The van der Waals surface area contributed by atoms with Crippen molar-refractivity contribution in [3.63, 3.8) is 0 Å². The molecule has 0 bridgehead atoms. The van der Waals surface area contributed by atoms with E-state index in [1.54, 1.807) is 58.7 Å². The maximum atomic E-state index is 14.1. The van der Waals surface area contributed by atoms with Crippen molar-refractivity contribution in [2.75, 3.05) is 35.0 Å². The Balaban J connectivity index is 0.910. The third-order valence-corrected chi connectivity index (χ3v) is 17.0. The first-order valence-electron chi connectivity index (χ1n) is 24.7. The van der Waals surface area contributed by atoms with E-state index in [2.05, 4.69) is 24.5 Å². The average molecular weight is 1020 g/mol. The number of nitrogens with one attached hydrogen (secondary N) is 2. The number of amides is 4. The lowest BCUT2D eigenvalue weighted by Crippen LogP contribution is -2.37. The fourth-order valence-corrected chi connectivity index (χ4v) is 12.3. The summed E-state index contributed by atoms with van der Waals surface area (Å²) in [5.74, 6) is 0.991. The highest BCUT2D eigenvalue weighted by molar-refractivity contribution is 8.77. The molecule has 0 unspecified atom stereocenters. The molecule has 4 aliphatic rings. The molecule has 0 radical (unpaired) electrons. The van der Waals surface area contributed by atoms with Crippen molar-refractivity contribution in [3.05, 3.63) is 130 Å². The molecule has 0 aromatic heterocycles. The molecule has 4 heterocycles. The van der Waals surface area contributed by atoms with Crippen molar-refractivity contribution >= 4 is 91.9 Å². The average Bonchev–Trinajstić information content (AvgIpc) is 3.87. The van der Waals surface area contributed by atoms with Crippen LogP contribution >= 0.6 is 21.6 Å². The van der Waals surface area contributed by atoms with E-state index in [4.69, 9.17) is 24.2 Å². The van der Waals surface area contributed by atoms with Gasteiger partial charge >= 0.3 is 0 Å². The first-order chi connectivity index (χ1) is 35.2. The third-order valence-electron chi connectivity index (χ3n) is 13.6. The van der Waals surface area contributed by atoms with E-state index in [1.807, 2.05) is 97.0 Å². The van der Waals surface area contributed by atoms with Crippen molar-refractivity contribution in [2.24, 2.45) is 15.9 Å². The lowest BCUT2D eigenvalue weighted by Gasteiger charge is -2.23. The van der Waals surface area contributed by atoms with Gasteiger partial charge < -0.3 is 24.8 Å². The molecule has 378 valence electrons. The van der Waals surface area contributed by atoms with Gasteiger partial charge in [-0.1, -0.05) is 64.9 Å². The van der Waals surface area contributed by atoms with Crippen molar-refractivity contribution < 1.29 is 38.2 Å². The molecule has 4 aliphatic heterocycles. The molecular formula is C57H60N6O8S2. The smallest absolute Gasteiger partial charge is 0.261 e. The van der Waals surface area contributed by atoms with Gasteiger partial charge in [0.2, 0.25) is 11.8 Å². The number of benzene rings is 5. The Hall–Kier alpha value is -6.91. The number of hydrogen-bond acceptors (Lipinski definition) is 12. The van der Waals surface area contributed by atoms with E-state index in [9.17, 15) is 24.0 Å². The molecule has 4 amide bonds. The highest BCUT2D eigenvalue weighted by atomic mass is 33.1. The summed E-state index contributed by atoms with van der Waals surface area (Å²) in [5.41, 5.74) is 8.55. The summed E-state index contributed by atoms with van der Waals surface area (Å²) in [4.78, 5) is 79.9. The third kappa shape index (κ3) is 11.5. The normalized spacial score (nSPS) is 16.5. The van der Waals surface area contributed by atoms with Crippen LogP contribution in [0.1, 0.15) is 101 Å². The van der Waals surface area contributed by atoms with Crippen LogP contribution < -0.4 is 34.6 Å². The van der Waals surface area contributed by atoms with Crippen molar-refractivity contribution in [1.29, 1.82) is 0 Å². The van der Waals surface area contributed by atoms with Gasteiger partial charge in [0.1, 0.15) is 24.7 Å². The predicted octanol–water partition coefficient (Wildman–Crippen LogP) is 10.7. The van der Waals surface area contributed by atoms with Crippen LogP contribution in [-0.4, -0.2) is 78.6 Å². The van der Waals surface area contributed by atoms with Gasteiger partial charge in [-0.05, 0) is 104 Å². The summed E-state index contributed by atoms with van der Waals surface area (Å²) in [6.45, 7) is 8.02. The lowest BCUT2D eigenvalue weighted by molar-refractivity contribution is -0.125. The van der Waals surface area contributed by atoms with Crippen LogP contribution in [0.15, 0.2) is 101 Å². The minimum Gasteiger partial charge on any atom is -0.493 e. The number of fused-ring (bicyclic) bond motifs is 8. The number of hydrogen-bond donors (Lipinski definition) is 2. The van der Waals surface area contributed by atoms with Gasteiger partial charge in [-0.2, -0.15) is 0 Å². The molecule has 0 aliphatic carbocycles. The molecule has 0 saturated heterocycles. The fourth-order valence-electron chi connectivity index (χ4n) is 9.61. The van der Waals surface area contributed by atoms with Gasteiger partial charge in [0.25, 0.3) is 11.8 Å². The summed E-state index contributed by atoms with van der Waals surface area (Å²) in [6, 6.07) is 28.0. The van der Waals surface area contributed by atoms with Crippen LogP contribution in [-0.2, 0) is 40.4 Å². The van der Waals surface area contributed by atoms with E-state index in [0.29, 0.717) is 83.1 Å². The Labute approximate surface area is 434 Å². The second-order valence-electron chi connectivity index (χ2n) is 19.6. The first kappa shape index (κ1) is 51.0. The number of aryl methyl sites for hydroxylation is 1. The number of para-hydroxylation sites is 2. The summed E-state index contributed by atoms with van der Waals surface area (Å²) >= 11 is 0. The van der Waals surface area contributed by atoms with Crippen LogP contribution in [0, 0.1) is 12.8 Å². The van der Waals surface area contributed by atoms with Crippen molar-refractivity contribution in [3.8, 4) is 17.2 Å². The molecule has 9 rings (SSSR count). The van der Waals surface area contributed by atoms with Gasteiger partial charge in [-0.3, -0.25) is 43.8 Å². The van der Waals surface area contributed by atoms with Crippen LogP contribution in [0.3, 0.4) is 0 Å². The monoisotopic (exact) mass is 1020 g/mol. The first-order valence-corrected chi connectivity index (χ1v) is 27.0. The minimum atomic E-state index is -0.603. The van der Waals surface area contributed by atoms with Crippen LogP contribution in [0.5, 0.6) is 17.2 Å². The number of ether oxygens (including phenoxy) is 3. The zero-order valence-corrected chi connectivity index (χ0v) is 43.6. The van der Waals surface area contributed by atoms with Crippen LogP contribution in [0.2, 0.25) is 0 Å². The molecule has 16 heteroatoms. The highest BCUT2D eigenvalue weighted by Gasteiger charge is 2.38. The van der Waals surface area contributed by atoms with Gasteiger partial charge in [0, 0.05) is 97.2 Å². The lowest BCUT2D eigenvalue weighted by atomic mass is 9.97. The molecule has 2 N–H and O–H groups in total. The number of methoxy groups -OCH3 is 1. The minimum absolute atomic E-state index is 0.00972. The number of carbonyl (C=O) groups is 5. The SMILES string of the molecule is CNC(=O)CCCSSC(C)(C)CCC(=O)C[C@@H](C)C(=O)Nc1cc(COc2cc3c(cc2C)C(=O)N2c4ccccc4C[C@H]2C=N3)cc(COc2cc3c(cc2OC)C(=O)N2c4ccccc4C[C@H]2C=N3)c1. The van der Waals surface area contributed by atoms with Gasteiger partial charge in [-0.15, -0.1) is 0 Å². The molecule has 0 fully saturated rings. The second-order valence-corrected chi connectivity index (χ2v) is 22.7. The molecule has 5 aromatic carbocycles. The molecule has 73 heavy (non-hydrogen) atoms. The Kier molecular flexibility index (Phi) is 15.4. The maximum absolute atomic E-state index is 14.1. The van der Waals surface area contributed by atoms with E-state index < -0.39 is 5.92 Å². The second kappa shape index (κ2) is 22.1. The molecule has 5 aromatic rings. The molecule has 0 spiro atoms. The number of Topliss-reactive ketones (excluding diaryl/α,β-unsaturated/α-hetero) is 1. The summed E-state index contributed by atoms with van der Waals surface area (Å²) in [7, 11) is 6.59. The van der Waals surface area contributed by atoms with Crippen LogP contribution in [0.25, 0.3) is 0 Å². The number of carbonyl (C=O) groups excluding carboxylic acids is 5. The Morgan fingerprint density at radius 1 is 0.767 bits per heavy atom. The van der Waals surface area contributed by atoms with Gasteiger partial charge in [0.05, 0.1) is 41.7 Å². The summed E-state index contributed by atoms with van der Waals surface area (Å²) in [5, 5.41) is 5.70. The summed E-state index contributed by atoms with van der Waals surface area (Å²) < 4.78 is 18.6. The van der Waals surface area contributed by atoms with E-state index >= 15 is 0 Å². The number of anilines is 3. The highest BCUT2D eigenvalue weighted by Crippen LogP contribution is 2.43. The zero-order chi connectivity index (χ0) is 51.4. The van der Waals surface area contributed by atoms with Gasteiger partial charge in [0.15, 0.2) is 11.5 Å². The molecule has 14 nitrogen and oxygen atoms in total. The maximum Gasteiger partial charge on any atom is 0.261 e. The Bertz CT molecular complexity index is 3050. The molecule has 3 atom stereocenters. The van der Waals surface area contributed by atoms with Crippen LogP contribution in [0.4, 0.5) is 28.4 Å². The largest absolute Gasteiger partial charge is 0.493 e. The van der Waals surface area contributed by atoms with E-state index in [0.717, 1.165) is 45.8 Å². The Morgan fingerprint density at radius 2 is 1.34 bits per heavy atom. The summed E-state index contributed by atoms with van der Waals surface area (Å²) in [6.07, 6.45) is 7.37. The van der Waals surface area contributed by atoms with Gasteiger partial charge in [-0.25, -0.2) is 0 Å². The topological polar surface area (TPSA) is 168 Å².